The number of amides is 1. The molecule has 0 saturated carbocycles. The van der Waals surface area contributed by atoms with Gasteiger partial charge in [0.15, 0.2) is 5.76 Å². The molecule has 3 nitrogen and oxygen atoms in total. The SMILES string of the molecule is Cc1ccc2oc(C(=O)NC(CBr)C(C)C)cc2c1. The summed E-state index contributed by atoms with van der Waals surface area (Å²) in [6.07, 6.45) is 0. The number of carbonyl (C=O) groups is 1. The van der Waals surface area contributed by atoms with E-state index in [-0.39, 0.29) is 11.9 Å². The fraction of sp³-hybridized carbons (Fsp3) is 0.400. The van der Waals surface area contributed by atoms with Gasteiger partial charge in [-0.1, -0.05) is 41.4 Å². The highest BCUT2D eigenvalue weighted by Crippen LogP contribution is 2.20. The Kier molecular flexibility index (Phi) is 4.30. The minimum absolute atomic E-state index is 0.0995. The lowest BCUT2D eigenvalue weighted by Gasteiger charge is -2.18. The van der Waals surface area contributed by atoms with E-state index in [1.165, 1.54) is 0 Å². The Hall–Kier alpha value is -1.29. The van der Waals surface area contributed by atoms with E-state index in [1.54, 1.807) is 6.07 Å². The number of benzene rings is 1. The van der Waals surface area contributed by atoms with Gasteiger partial charge in [-0.05, 0) is 31.0 Å². The molecule has 0 bridgehead atoms. The first-order valence-corrected chi connectivity index (χ1v) is 7.50. The Bertz CT molecular complexity index is 589. The van der Waals surface area contributed by atoms with Gasteiger partial charge in [0.2, 0.25) is 0 Å². The molecule has 2 rings (SSSR count). The maximum Gasteiger partial charge on any atom is 0.287 e. The van der Waals surface area contributed by atoms with Crippen LogP contribution < -0.4 is 5.32 Å². The molecular formula is C15H18BrNO2. The standard InChI is InChI=1S/C15H18BrNO2/c1-9(2)12(8-16)17-15(18)14-7-11-6-10(3)4-5-13(11)19-14/h4-7,9,12H,8H2,1-3H3,(H,17,18). The zero-order chi connectivity index (χ0) is 14.0. The number of hydrogen-bond acceptors (Lipinski definition) is 2. The van der Waals surface area contributed by atoms with Gasteiger partial charge in [-0.3, -0.25) is 4.79 Å². The predicted octanol–water partition coefficient (Wildman–Crippen LogP) is 3.89. The van der Waals surface area contributed by atoms with Gasteiger partial charge in [-0.2, -0.15) is 0 Å². The molecule has 0 aliphatic carbocycles. The molecule has 2 aromatic rings. The van der Waals surface area contributed by atoms with Crippen LogP contribution in [0.15, 0.2) is 28.7 Å². The van der Waals surface area contributed by atoms with E-state index < -0.39 is 0 Å². The topological polar surface area (TPSA) is 42.2 Å². The highest BCUT2D eigenvalue weighted by molar-refractivity contribution is 9.09. The maximum absolute atomic E-state index is 12.1. The molecule has 102 valence electrons. The highest BCUT2D eigenvalue weighted by Gasteiger charge is 2.18. The van der Waals surface area contributed by atoms with Gasteiger partial charge in [0.25, 0.3) is 5.91 Å². The number of hydrogen-bond donors (Lipinski definition) is 1. The molecule has 0 spiro atoms. The van der Waals surface area contributed by atoms with Gasteiger partial charge in [0.05, 0.1) is 0 Å². The first-order chi connectivity index (χ1) is 9.01. The third-order valence-electron chi connectivity index (χ3n) is 3.18. The fourth-order valence-electron chi connectivity index (χ4n) is 1.90. The lowest BCUT2D eigenvalue weighted by molar-refractivity contribution is 0.0906. The van der Waals surface area contributed by atoms with Crippen molar-refractivity contribution in [1.82, 2.24) is 5.32 Å². The molecule has 1 heterocycles. The number of fused-ring (bicyclic) bond motifs is 1. The summed E-state index contributed by atoms with van der Waals surface area (Å²) in [5, 5.41) is 4.67. The molecule has 1 N–H and O–H groups in total. The van der Waals surface area contributed by atoms with Gasteiger partial charge in [-0.15, -0.1) is 0 Å². The van der Waals surface area contributed by atoms with Crippen molar-refractivity contribution in [2.75, 3.05) is 5.33 Å². The van der Waals surface area contributed by atoms with Crippen molar-refractivity contribution in [3.63, 3.8) is 0 Å². The summed E-state index contributed by atoms with van der Waals surface area (Å²) in [5.74, 6) is 0.578. The maximum atomic E-state index is 12.1. The fourth-order valence-corrected chi connectivity index (χ4v) is 2.81. The minimum atomic E-state index is -0.160. The molecule has 0 saturated heterocycles. The number of alkyl halides is 1. The van der Waals surface area contributed by atoms with Crippen molar-refractivity contribution >= 4 is 32.8 Å². The van der Waals surface area contributed by atoms with Gasteiger partial charge in [0, 0.05) is 16.8 Å². The monoisotopic (exact) mass is 323 g/mol. The summed E-state index contributed by atoms with van der Waals surface area (Å²) in [6, 6.07) is 7.78. The van der Waals surface area contributed by atoms with E-state index in [1.807, 2.05) is 25.1 Å². The molecule has 0 fully saturated rings. The molecule has 0 aliphatic heterocycles. The van der Waals surface area contributed by atoms with Crippen molar-refractivity contribution in [3.8, 4) is 0 Å². The number of carbonyl (C=O) groups excluding carboxylic acids is 1. The summed E-state index contributed by atoms with van der Waals surface area (Å²) in [5.41, 5.74) is 1.90. The second kappa shape index (κ2) is 5.78. The third kappa shape index (κ3) is 3.18. The Labute approximate surface area is 121 Å². The Morgan fingerprint density at radius 3 is 2.74 bits per heavy atom. The average Bonchev–Trinajstić information content (AvgIpc) is 2.78. The molecule has 1 unspecified atom stereocenters. The van der Waals surface area contributed by atoms with Crippen LogP contribution in [0.4, 0.5) is 0 Å². The van der Waals surface area contributed by atoms with Crippen LogP contribution >= 0.6 is 15.9 Å². The Morgan fingerprint density at radius 2 is 2.11 bits per heavy atom. The van der Waals surface area contributed by atoms with Crippen LogP contribution in [0.1, 0.15) is 30.0 Å². The van der Waals surface area contributed by atoms with E-state index >= 15 is 0 Å². The molecule has 1 aromatic carbocycles. The second-order valence-corrected chi connectivity index (χ2v) is 5.78. The lowest BCUT2D eigenvalue weighted by Crippen LogP contribution is -2.39. The van der Waals surface area contributed by atoms with E-state index in [4.69, 9.17) is 4.42 Å². The van der Waals surface area contributed by atoms with Crippen molar-refractivity contribution in [1.29, 1.82) is 0 Å². The van der Waals surface area contributed by atoms with Crippen LogP contribution in [0.3, 0.4) is 0 Å². The zero-order valence-electron chi connectivity index (χ0n) is 11.4. The van der Waals surface area contributed by atoms with Crippen molar-refractivity contribution < 1.29 is 9.21 Å². The van der Waals surface area contributed by atoms with Gasteiger partial charge >= 0.3 is 0 Å². The van der Waals surface area contributed by atoms with Crippen LogP contribution in [0.5, 0.6) is 0 Å². The molecule has 4 heteroatoms. The average molecular weight is 324 g/mol. The van der Waals surface area contributed by atoms with E-state index in [9.17, 15) is 4.79 Å². The summed E-state index contributed by atoms with van der Waals surface area (Å²) < 4.78 is 5.58. The molecule has 0 aliphatic rings. The Balaban J connectivity index is 2.21. The summed E-state index contributed by atoms with van der Waals surface area (Å²) >= 11 is 3.42. The predicted molar refractivity (Wildman–Crippen MR) is 80.8 cm³/mol. The minimum Gasteiger partial charge on any atom is -0.451 e. The normalized spacial score (nSPS) is 12.9. The second-order valence-electron chi connectivity index (χ2n) is 5.13. The zero-order valence-corrected chi connectivity index (χ0v) is 13.0. The van der Waals surface area contributed by atoms with Gasteiger partial charge < -0.3 is 9.73 Å². The van der Waals surface area contributed by atoms with Crippen LogP contribution in [0, 0.1) is 12.8 Å². The number of aryl methyl sites for hydroxylation is 1. The van der Waals surface area contributed by atoms with E-state index in [0.29, 0.717) is 11.7 Å². The van der Waals surface area contributed by atoms with Gasteiger partial charge in [0.1, 0.15) is 5.58 Å². The van der Waals surface area contributed by atoms with Crippen molar-refractivity contribution in [2.45, 2.75) is 26.8 Å². The largest absolute Gasteiger partial charge is 0.451 e. The van der Waals surface area contributed by atoms with E-state index in [0.717, 1.165) is 21.9 Å². The number of halogens is 1. The first kappa shape index (κ1) is 14.1. The third-order valence-corrected chi connectivity index (χ3v) is 3.88. The molecule has 1 atom stereocenters. The first-order valence-electron chi connectivity index (χ1n) is 6.38. The lowest BCUT2D eigenvalue weighted by atomic mass is 10.1. The molecule has 1 aromatic heterocycles. The van der Waals surface area contributed by atoms with Crippen molar-refractivity contribution in [3.05, 3.63) is 35.6 Å². The van der Waals surface area contributed by atoms with Crippen LogP contribution in [-0.2, 0) is 0 Å². The summed E-state index contributed by atoms with van der Waals surface area (Å²) in [4.78, 5) is 12.1. The van der Waals surface area contributed by atoms with Crippen molar-refractivity contribution in [2.24, 2.45) is 5.92 Å². The summed E-state index contributed by atoms with van der Waals surface area (Å²) in [6.45, 7) is 6.17. The van der Waals surface area contributed by atoms with Gasteiger partial charge in [-0.25, -0.2) is 0 Å². The van der Waals surface area contributed by atoms with Crippen LogP contribution in [0.2, 0.25) is 0 Å². The molecule has 19 heavy (non-hydrogen) atoms. The van der Waals surface area contributed by atoms with E-state index in [2.05, 4.69) is 35.1 Å². The molecular weight excluding hydrogens is 306 g/mol. The Morgan fingerprint density at radius 1 is 1.37 bits per heavy atom. The number of rotatable bonds is 4. The number of nitrogens with one attached hydrogen (secondary N) is 1. The quantitative estimate of drug-likeness (QED) is 0.867. The number of furan rings is 1. The smallest absolute Gasteiger partial charge is 0.287 e. The highest BCUT2D eigenvalue weighted by atomic mass is 79.9. The van der Waals surface area contributed by atoms with Crippen LogP contribution in [-0.4, -0.2) is 17.3 Å². The summed E-state index contributed by atoms with van der Waals surface area (Å²) in [7, 11) is 0. The van der Waals surface area contributed by atoms with Crippen LogP contribution in [0.25, 0.3) is 11.0 Å². The molecule has 1 amide bonds. The molecule has 0 radical (unpaired) electrons.